The van der Waals surface area contributed by atoms with E-state index < -0.39 is 11.7 Å². The summed E-state index contributed by atoms with van der Waals surface area (Å²) in [7, 11) is 0. The van der Waals surface area contributed by atoms with Crippen molar-refractivity contribution in [3.63, 3.8) is 0 Å². The molecule has 4 heteroatoms. The van der Waals surface area contributed by atoms with Crippen molar-refractivity contribution in [3.8, 4) is 0 Å². The molecule has 0 amide bonds. The molecule has 72 valence electrons. The molecule has 0 atom stereocenters. The van der Waals surface area contributed by atoms with E-state index in [1.54, 1.807) is 6.92 Å². The van der Waals surface area contributed by atoms with Gasteiger partial charge >= 0.3 is 5.97 Å². The van der Waals surface area contributed by atoms with Crippen molar-refractivity contribution in [2.75, 3.05) is 6.61 Å². The Hall–Kier alpha value is -1.32. The number of ether oxygens (including phenoxy) is 1. The zero-order valence-electron chi connectivity index (χ0n) is 7.50. The number of Topliss-reactive ketones (excluding diaryl/α,β-unsaturated/α-hetero) is 1. The minimum atomic E-state index is -0.798. The molecule has 1 saturated carbocycles. The van der Waals surface area contributed by atoms with Crippen LogP contribution in [0.25, 0.3) is 0 Å². The topological polar surface area (TPSA) is 63.6 Å². The Bertz CT molecular complexity index is 265. The van der Waals surface area contributed by atoms with Gasteiger partial charge in [-0.05, 0) is 19.8 Å². The molecule has 1 aliphatic carbocycles. The van der Waals surface area contributed by atoms with Crippen molar-refractivity contribution in [3.05, 3.63) is 11.3 Å². The van der Waals surface area contributed by atoms with Gasteiger partial charge in [-0.2, -0.15) is 0 Å². The Kier molecular flexibility index (Phi) is 3.06. The third kappa shape index (κ3) is 2.08. The second-order valence-electron chi connectivity index (χ2n) is 2.82. The number of ketones is 1. The summed E-state index contributed by atoms with van der Waals surface area (Å²) in [6.07, 6.45) is 1.60. The highest BCUT2D eigenvalue weighted by Gasteiger charge is 2.25. The van der Waals surface area contributed by atoms with Gasteiger partial charge < -0.3 is 9.84 Å². The first-order valence-electron chi connectivity index (χ1n) is 4.29. The lowest BCUT2D eigenvalue weighted by molar-refractivity contribution is -0.141. The Morgan fingerprint density at radius 2 is 2.23 bits per heavy atom. The van der Waals surface area contributed by atoms with E-state index in [0.29, 0.717) is 19.3 Å². The van der Waals surface area contributed by atoms with Crippen LogP contribution in [-0.2, 0) is 14.3 Å². The molecule has 0 aromatic rings. The summed E-state index contributed by atoms with van der Waals surface area (Å²) in [5, 5.41) is 9.30. The summed E-state index contributed by atoms with van der Waals surface area (Å²) in [4.78, 5) is 22.1. The largest absolute Gasteiger partial charge is 0.502 e. The van der Waals surface area contributed by atoms with Crippen LogP contribution in [0.5, 0.6) is 0 Å². The molecule has 4 nitrogen and oxygen atoms in total. The third-order valence-electron chi connectivity index (χ3n) is 1.92. The van der Waals surface area contributed by atoms with Crippen molar-refractivity contribution < 1.29 is 19.4 Å². The molecule has 0 radical (unpaired) electrons. The number of esters is 1. The molecule has 13 heavy (non-hydrogen) atoms. The Balaban J connectivity index is 2.78. The summed E-state index contributed by atoms with van der Waals surface area (Å²) in [6, 6.07) is 0. The van der Waals surface area contributed by atoms with Crippen molar-refractivity contribution in [2.24, 2.45) is 0 Å². The summed E-state index contributed by atoms with van der Waals surface area (Å²) in [5.41, 5.74) is 0.221. The van der Waals surface area contributed by atoms with Gasteiger partial charge in [-0.3, -0.25) is 4.79 Å². The van der Waals surface area contributed by atoms with Crippen molar-refractivity contribution in [2.45, 2.75) is 26.2 Å². The number of hydrogen-bond acceptors (Lipinski definition) is 4. The van der Waals surface area contributed by atoms with Crippen LogP contribution in [-0.4, -0.2) is 23.5 Å². The van der Waals surface area contributed by atoms with Crippen LogP contribution in [0.1, 0.15) is 26.2 Å². The van der Waals surface area contributed by atoms with E-state index in [1.165, 1.54) is 0 Å². The SMILES string of the molecule is CCOC(=O)C(O)=C1CCCC1=O. The fourth-order valence-electron chi connectivity index (χ4n) is 1.29. The van der Waals surface area contributed by atoms with Crippen LogP contribution in [0.3, 0.4) is 0 Å². The average Bonchev–Trinajstić information content (AvgIpc) is 2.50. The summed E-state index contributed by atoms with van der Waals surface area (Å²) >= 11 is 0. The van der Waals surface area contributed by atoms with Gasteiger partial charge in [0.15, 0.2) is 5.78 Å². The molecule has 0 spiro atoms. The third-order valence-corrected chi connectivity index (χ3v) is 1.92. The molecule has 1 rings (SSSR count). The number of aliphatic hydroxyl groups excluding tert-OH is 1. The van der Waals surface area contributed by atoms with E-state index in [4.69, 9.17) is 0 Å². The van der Waals surface area contributed by atoms with Crippen LogP contribution < -0.4 is 0 Å². The van der Waals surface area contributed by atoms with Gasteiger partial charge in [-0.15, -0.1) is 0 Å². The van der Waals surface area contributed by atoms with Crippen molar-refractivity contribution >= 4 is 11.8 Å². The fraction of sp³-hybridized carbons (Fsp3) is 0.556. The van der Waals surface area contributed by atoms with Crippen LogP contribution in [0.2, 0.25) is 0 Å². The average molecular weight is 184 g/mol. The molecule has 1 N–H and O–H groups in total. The molecule has 0 heterocycles. The number of carbonyl (C=O) groups excluding carboxylic acids is 2. The summed E-state index contributed by atoms with van der Waals surface area (Å²) in [6.45, 7) is 1.84. The first-order valence-corrected chi connectivity index (χ1v) is 4.29. The van der Waals surface area contributed by atoms with Gasteiger partial charge in [0, 0.05) is 12.0 Å². The Morgan fingerprint density at radius 1 is 1.54 bits per heavy atom. The van der Waals surface area contributed by atoms with Gasteiger partial charge in [0.05, 0.1) is 6.61 Å². The van der Waals surface area contributed by atoms with Crippen LogP contribution >= 0.6 is 0 Å². The first kappa shape index (κ1) is 9.77. The molecule has 0 saturated heterocycles. The first-order chi connectivity index (χ1) is 6.16. The standard InChI is InChI=1S/C9H12O4/c1-2-13-9(12)8(11)6-4-3-5-7(6)10/h11H,2-5H2,1H3. The zero-order valence-corrected chi connectivity index (χ0v) is 7.50. The fourth-order valence-corrected chi connectivity index (χ4v) is 1.29. The van der Waals surface area contributed by atoms with Gasteiger partial charge in [-0.25, -0.2) is 4.79 Å². The summed E-state index contributed by atoms with van der Waals surface area (Å²) in [5.74, 6) is -1.46. The highest BCUT2D eigenvalue weighted by atomic mass is 16.5. The molecule has 0 aromatic heterocycles. The van der Waals surface area contributed by atoms with E-state index in [2.05, 4.69) is 4.74 Å². The van der Waals surface area contributed by atoms with E-state index in [1.807, 2.05) is 0 Å². The quantitative estimate of drug-likeness (QED) is 0.396. The van der Waals surface area contributed by atoms with E-state index in [-0.39, 0.29) is 18.0 Å². The zero-order chi connectivity index (χ0) is 9.84. The molecule has 0 unspecified atom stereocenters. The van der Waals surface area contributed by atoms with Gasteiger partial charge in [0.2, 0.25) is 5.76 Å². The lowest BCUT2D eigenvalue weighted by atomic mass is 10.2. The predicted octanol–water partition coefficient (Wildman–Crippen LogP) is 1.11. The predicted molar refractivity (Wildman–Crippen MR) is 45.1 cm³/mol. The lowest BCUT2D eigenvalue weighted by Crippen LogP contribution is -2.11. The monoisotopic (exact) mass is 184 g/mol. The highest BCUT2D eigenvalue weighted by Crippen LogP contribution is 2.23. The maximum absolute atomic E-state index is 11.1. The van der Waals surface area contributed by atoms with Crippen molar-refractivity contribution in [1.29, 1.82) is 0 Å². The van der Waals surface area contributed by atoms with Gasteiger partial charge in [-0.1, -0.05) is 0 Å². The van der Waals surface area contributed by atoms with Gasteiger partial charge in [0.25, 0.3) is 0 Å². The second kappa shape index (κ2) is 4.07. The molecule has 0 bridgehead atoms. The Morgan fingerprint density at radius 3 is 2.69 bits per heavy atom. The normalized spacial score (nSPS) is 20.2. The highest BCUT2D eigenvalue weighted by molar-refractivity contribution is 6.03. The minimum Gasteiger partial charge on any atom is -0.502 e. The maximum atomic E-state index is 11.1. The molecule has 0 aromatic carbocycles. The molecule has 0 aliphatic heterocycles. The van der Waals surface area contributed by atoms with E-state index in [0.717, 1.165) is 0 Å². The van der Waals surface area contributed by atoms with Crippen LogP contribution in [0, 0.1) is 0 Å². The van der Waals surface area contributed by atoms with E-state index >= 15 is 0 Å². The van der Waals surface area contributed by atoms with Crippen LogP contribution in [0.15, 0.2) is 11.3 Å². The number of allylic oxidation sites excluding steroid dienone is 1. The molecular formula is C9H12O4. The van der Waals surface area contributed by atoms with Crippen LogP contribution in [0.4, 0.5) is 0 Å². The number of rotatable bonds is 2. The lowest BCUT2D eigenvalue weighted by Gasteiger charge is -2.02. The molecule has 1 aliphatic rings. The van der Waals surface area contributed by atoms with Crippen molar-refractivity contribution in [1.82, 2.24) is 0 Å². The maximum Gasteiger partial charge on any atom is 0.373 e. The van der Waals surface area contributed by atoms with Gasteiger partial charge in [0.1, 0.15) is 0 Å². The second-order valence-corrected chi connectivity index (χ2v) is 2.82. The molecule has 1 fully saturated rings. The molecular weight excluding hydrogens is 172 g/mol. The number of carbonyl (C=O) groups is 2. The number of hydrogen-bond donors (Lipinski definition) is 1. The summed E-state index contributed by atoms with van der Waals surface area (Å²) < 4.78 is 4.57. The smallest absolute Gasteiger partial charge is 0.373 e. The minimum absolute atomic E-state index is 0.148. The van der Waals surface area contributed by atoms with E-state index in [9.17, 15) is 14.7 Å². The Labute approximate surface area is 76.2 Å². The number of aliphatic hydroxyl groups is 1.